The summed E-state index contributed by atoms with van der Waals surface area (Å²) in [4.78, 5) is 31.0. The van der Waals surface area contributed by atoms with Gasteiger partial charge in [-0.25, -0.2) is 0 Å². The van der Waals surface area contributed by atoms with Crippen LogP contribution in [0.25, 0.3) is 0 Å². The Morgan fingerprint density at radius 2 is 1.70 bits per heavy atom. The molecule has 0 aliphatic rings. The first-order chi connectivity index (χ1) is 14.5. The lowest BCUT2D eigenvalue weighted by atomic mass is 10.1. The van der Waals surface area contributed by atoms with Crippen molar-refractivity contribution < 1.29 is 9.59 Å². The van der Waals surface area contributed by atoms with Crippen LogP contribution in [0.5, 0.6) is 0 Å². The number of thiophene rings is 1. The van der Waals surface area contributed by atoms with Crippen LogP contribution in [0.15, 0.2) is 47.8 Å². The minimum Gasteiger partial charge on any atom is -0.332 e. The van der Waals surface area contributed by atoms with Crippen molar-refractivity contribution in [3.63, 3.8) is 0 Å². The molecule has 0 N–H and O–H groups in total. The summed E-state index contributed by atoms with van der Waals surface area (Å²) in [5, 5.41) is 2.03. The van der Waals surface area contributed by atoms with Crippen molar-refractivity contribution in [2.24, 2.45) is 0 Å². The van der Waals surface area contributed by atoms with Gasteiger partial charge in [0, 0.05) is 23.9 Å². The fourth-order valence-electron chi connectivity index (χ4n) is 3.43. The predicted octanol–water partition coefficient (Wildman–Crippen LogP) is 5.87. The molecule has 1 atom stereocenters. The number of hydrogen-bond donors (Lipinski definition) is 0. The van der Waals surface area contributed by atoms with Crippen LogP contribution in [0.2, 0.25) is 0 Å². The molecule has 1 aromatic heterocycles. The zero-order valence-electron chi connectivity index (χ0n) is 18.7. The lowest BCUT2D eigenvalue weighted by Crippen LogP contribution is -2.46. The summed E-state index contributed by atoms with van der Waals surface area (Å²) in [6.45, 7) is 7.56. The highest BCUT2D eigenvalue weighted by molar-refractivity contribution is 7.09. The molecule has 0 aliphatic heterocycles. The van der Waals surface area contributed by atoms with Crippen molar-refractivity contribution in [2.75, 3.05) is 6.54 Å². The highest BCUT2D eigenvalue weighted by atomic mass is 32.1. The largest absolute Gasteiger partial charge is 0.332 e. The van der Waals surface area contributed by atoms with Crippen molar-refractivity contribution in [3.05, 3.63) is 58.3 Å². The molecule has 0 saturated heterocycles. The van der Waals surface area contributed by atoms with Gasteiger partial charge in [-0.2, -0.15) is 0 Å². The Labute approximate surface area is 185 Å². The first-order valence-corrected chi connectivity index (χ1v) is 12.1. The van der Waals surface area contributed by atoms with Crippen LogP contribution in [-0.4, -0.2) is 34.2 Å². The molecule has 2 aromatic rings. The fourth-order valence-corrected chi connectivity index (χ4v) is 4.15. The van der Waals surface area contributed by atoms with E-state index in [2.05, 4.69) is 19.9 Å². The number of carbonyl (C=O) groups is 2. The lowest BCUT2D eigenvalue weighted by molar-refractivity contribution is -0.143. The van der Waals surface area contributed by atoms with E-state index in [0.29, 0.717) is 19.5 Å². The molecule has 164 valence electrons. The molecular formula is C25H36N2O2S. The molecule has 0 fully saturated rings. The average Bonchev–Trinajstić information content (AvgIpc) is 3.27. The summed E-state index contributed by atoms with van der Waals surface area (Å²) in [7, 11) is 0. The van der Waals surface area contributed by atoms with Gasteiger partial charge in [0.1, 0.15) is 6.54 Å². The van der Waals surface area contributed by atoms with E-state index in [9.17, 15) is 9.59 Å². The van der Waals surface area contributed by atoms with Gasteiger partial charge in [0.15, 0.2) is 0 Å². The van der Waals surface area contributed by atoms with Gasteiger partial charge in [-0.15, -0.1) is 11.3 Å². The molecular weight excluding hydrogens is 392 g/mol. The topological polar surface area (TPSA) is 40.6 Å². The summed E-state index contributed by atoms with van der Waals surface area (Å²) in [6, 6.07) is 14.2. The Hall–Kier alpha value is -2.14. The summed E-state index contributed by atoms with van der Waals surface area (Å²) in [5.41, 5.74) is 1.10. The number of rotatable bonds is 13. The molecule has 2 rings (SSSR count). The second-order valence-corrected chi connectivity index (χ2v) is 8.94. The van der Waals surface area contributed by atoms with Crippen LogP contribution >= 0.6 is 11.3 Å². The van der Waals surface area contributed by atoms with E-state index < -0.39 is 0 Å². The second kappa shape index (κ2) is 13.2. The van der Waals surface area contributed by atoms with Crippen LogP contribution in [0.3, 0.4) is 0 Å². The smallest absolute Gasteiger partial charge is 0.242 e. The van der Waals surface area contributed by atoms with Crippen molar-refractivity contribution in [1.29, 1.82) is 0 Å². The number of nitrogens with zero attached hydrogens (tertiary/aromatic N) is 2. The number of hydrogen-bond acceptors (Lipinski definition) is 3. The molecule has 4 nitrogen and oxygen atoms in total. The minimum absolute atomic E-state index is 0.00876. The van der Waals surface area contributed by atoms with Gasteiger partial charge in [-0.3, -0.25) is 9.59 Å². The van der Waals surface area contributed by atoms with Crippen molar-refractivity contribution in [2.45, 2.75) is 78.4 Å². The van der Waals surface area contributed by atoms with Crippen LogP contribution in [0.1, 0.15) is 69.7 Å². The minimum atomic E-state index is 0.00876. The molecule has 0 radical (unpaired) electrons. The van der Waals surface area contributed by atoms with Crippen molar-refractivity contribution >= 4 is 23.2 Å². The van der Waals surface area contributed by atoms with Crippen molar-refractivity contribution in [3.8, 4) is 0 Å². The SMILES string of the molecule is CCCCCCC(=O)N(CC(=O)N(Cc1ccccc1)Cc1cccs1)[C@@H](C)CC. The molecule has 30 heavy (non-hydrogen) atoms. The maximum absolute atomic E-state index is 13.3. The quantitative estimate of drug-likeness (QED) is 0.374. The Morgan fingerprint density at radius 3 is 2.33 bits per heavy atom. The Kier molecular flexibility index (Phi) is 10.6. The van der Waals surface area contributed by atoms with E-state index in [1.54, 1.807) is 16.2 Å². The zero-order valence-corrected chi connectivity index (χ0v) is 19.5. The van der Waals surface area contributed by atoms with E-state index in [4.69, 9.17) is 0 Å². The first-order valence-electron chi connectivity index (χ1n) is 11.2. The van der Waals surface area contributed by atoms with E-state index in [0.717, 1.165) is 42.5 Å². The van der Waals surface area contributed by atoms with Gasteiger partial charge >= 0.3 is 0 Å². The Balaban J connectivity index is 2.09. The van der Waals surface area contributed by atoms with Crippen LogP contribution in [0, 0.1) is 0 Å². The summed E-state index contributed by atoms with van der Waals surface area (Å²) >= 11 is 1.66. The summed E-state index contributed by atoms with van der Waals surface area (Å²) < 4.78 is 0. The molecule has 2 amide bonds. The van der Waals surface area contributed by atoms with Crippen molar-refractivity contribution in [1.82, 2.24) is 9.80 Å². The molecule has 0 aliphatic carbocycles. The maximum Gasteiger partial charge on any atom is 0.242 e. The zero-order chi connectivity index (χ0) is 21.8. The Morgan fingerprint density at radius 1 is 0.933 bits per heavy atom. The average molecular weight is 429 g/mol. The predicted molar refractivity (Wildman–Crippen MR) is 125 cm³/mol. The third kappa shape index (κ3) is 7.94. The highest BCUT2D eigenvalue weighted by Gasteiger charge is 2.24. The van der Waals surface area contributed by atoms with E-state index >= 15 is 0 Å². The molecule has 0 spiro atoms. The van der Waals surface area contributed by atoms with Crippen LogP contribution in [-0.2, 0) is 22.7 Å². The molecule has 1 aromatic carbocycles. The van der Waals surface area contributed by atoms with Gasteiger partial charge in [0.2, 0.25) is 11.8 Å². The molecule has 0 unspecified atom stereocenters. The molecule has 0 bridgehead atoms. The molecule has 1 heterocycles. The number of amides is 2. The number of benzene rings is 1. The third-order valence-electron chi connectivity index (χ3n) is 5.49. The van der Waals surface area contributed by atoms with Gasteiger partial charge in [-0.1, -0.05) is 69.5 Å². The standard InChI is InChI=1S/C25H36N2O2S/c1-4-6-7-11-16-24(28)27(21(3)5-2)20-25(29)26(19-23-15-12-17-30-23)18-22-13-9-8-10-14-22/h8-10,12-15,17,21H,4-7,11,16,18-20H2,1-3H3/t21-/m0/s1. The van der Waals surface area contributed by atoms with Gasteiger partial charge < -0.3 is 9.80 Å². The summed E-state index contributed by atoms with van der Waals surface area (Å²) in [5.74, 6) is 0.110. The lowest BCUT2D eigenvalue weighted by Gasteiger charge is -2.31. The highest BCUT2D eigenvalue weighted by Crippen LogP contribution is 2.17. The molecule has 5 heteroatoms. The van der Waals surface area contributed by atoms with E-state index in [-0.39, 0.29) is 24.4 Å². The fraction of sp³-hybridized carbons (Fsp3) is 0.520. The van der Waals surface area contributed by atoms with Gasteiger partial charge in [0.05, 0.1) is 6.54 Å². The number of unbranched alkanes of at least 4 members (excludes halogenated alkanes) is 3. The van der Waals surface area contributed by atoms with Gasteiger partial charge in [0.25, 0.3) is 0 Å². The van der Waals surface area contributed by atoms with Gasteiger partial charge in [-0.05, 0) is 36.8 Å². The first kappa shape index (κ1) is 24.1. The van der Waals surface area contributed by atoms with E-state index in [1.165, 1.54) is 0 Å². The maximum atomic E-state index is 13.3. The van der Waals surface area contributed by atoms with Crippen LogP contribution < -0.4 is 0 Å². The van der Waals surface area contributed by atoms with Crippen LogP contribution in [0.4, 0.5) is 0 Å². The monoisotopic (exact) mass is 428 g/mol. The second-order valence-electron chi connectivity index (χ2n) is 7.90. The normalized spacial score (nSPS) is 11.8. The number of carbonyl (C=O) groups excluding carboxylic acids is 2. The van der Waals surface area contributed by atoms with E-state index in [1.807, 2.05) is 53.6 Å². The Bertz CT molecular complexity index is 746. The summed E-state index contributed by atoms with van der Waals surface area (Å²) in [6.07, 6.45) is 5.65. The molecule has 0 saturated carbocycles. The third-order valence-corrected chi connectivity index (χ3v) is 6.35.